The Morgan fingerprint density at radius 3 is 1.64 bits per heavy atom. The number of nitrogens with one attached hydrogen (secondary N) is 4. The predicted octanol–water partition coefficient (Wildman–Crippen LogP) is 5.71. The third-order valence-corrected chi connectivity index (χ3v) is 10.2. The number of ether oxygens (including phenoxy) is 2. The average Bonchev–Trinajstić information content (AvgIpc) is 4.04. The van der Waals surface area contributed by atoms with Crippen LogP contribution in [0.15, 0.2) is 60.9 Å². The number of amides is 4. The van der Waals surface area contributed by atoms with Crippen LogP contribution in [0.1, 0.15) is 87.7 Å². The Labute approximate surface area is 320 Å². The number of methoxy groups -OCH3 is 2. The van der Waals surface area contributed by atoms with Crippen molar-refractivity contribution in [2.75, 3.05) is 27.3 Å². The second kappa shape index (κ2) is 17.4. The number of carbonyl (C=O) groups is 4. The number of imidazole rings is 2. The van der Waals surface area contributed by atoms with Crippen molar-refractivity contribution in [2.45, 2.75) is 77.0 Å². The van der Waals surface area contributed by atoms with Crippen molar-refractivity contribution in [2.24, 2.45) is 5.92 Å². The molecule has 0 aliphatic carbocycles. The first-order valence-corrected chi connectivity index (χ1v) is 18.7. The molecule has 4 atom stereocenters. The Morgan fingerprint density at radius 1 is 0.745 bits per heavy atom. The van der Waals surface area contributed by atoms with Gasteiger partial charge < -0.3 is 39.9 Å². The van der Waals surface area contributed by atoms with Crippen LogP contribution in [0.4, 0.5) is 9.59 Å². The van der Waals surface area contributed by atoms with E-state index in [4.69, 9.17) is 9.47 Å². The lowest BCUT2D eigenvalue weighted by Crippen LogP contribution is -2.51. The van der Waals surface area contributed by atoms with Gasteiger partial charge in [-0.2, -0.15) is 0 Å². The van der Waals surface area contributed by atoms with Gasteiger partial charge in [0.25, 0.3) is 0 Å². The van der Waals surface area contributed by atoms with E-state index in [0.717, 1.165) is 59.3 Å². The molecular formula is C41H48N8O6. The maximum Gasteiger partial charge on any atom is 0.407 e. The third kappa shape index (κ3) is 8.83. The minimum atomic E-state index is -0.689. The smallest absolute Gasteiger partial charge is 0.407 e. The number of rotatable bonds is 10. The lowest BCUT2D eigenvalue weighted by atomic mass is 10.0. The molecule has 4 aromatic rings. The standard InChI is InChI=1S/C41H48N8O6/c1-6-30(46-40(52)54-4)38(50)48-21-7-9-33(48)36-42-23-31(44-36)28-17-13-26(14-18-28)11-12-27-15-19-29(20-16-27)32-24-43-37(45-32)34-10-8-22-49(34)39(51)35(25(2)3)47-41(53)55-5/h13-20,23-25,30,33-35H,6-10,21-22H2,1-5H3,(H,42,44)(H,43,45)(H,46,52)(H,47,53)/t30-,33-,34-,35-/m0/s1. The van der Waals surface area contributed by atoms with Crippen molar-refractivity contribution in [3.63, 3.8) is 0 Å². The zero-order valence-corrected chi connectivity index (χ0v) is 31.8. The zero-order valence-electron chi connectivity index (χ0n) is 31.8. The molecule has 4 heterocycles. The van der Waals surface area contributed by atoms with E-state index in [9.17, 15) is 19.2 Å². The summed E-state index contributed by atoms with van der Waals surface area (Å²) in [7, 11) is 2.57. The summed E-state index contributed by atoms with van der Waals surface area (Å²) in [6.07, 6.45) is 6.02. The van der Waals surface area contributed by atoms with Crippen molar-refractivity contribution in [1.29, 1.82) is 0 Å². The van der Waals surface area contributed by atoms with Crippen LogP contribution in [0.3, 0.4) is 0 Å². The third-order valence-electron chi connectivity index (χ3n) is 10.2. The second-order valence-corrected chi connectivity index (χ2v) is 14.1. The molecule has 14 heteroatoms. The van der Waals surface area contributed by atoms with E-state index >= 15 is 0 Å². The summed E-state index contributed by atoms with van der Waals surface area (Å²) in [6.45, 7) is 6.83. The van der Waals surface area contributed by atoms with Gasteiger partial charge in [-0.05, 0) is 73.4 Å². The second-order valence-electron chi connectivity index (χ2n) is 14.1. The first-order chi connectivity index (χ1) is 26.6. The van der Waals surface area contributed by atoms with Crippen LogP contribution in [0.5, 0.6) is 0 Å². The molecule has 4 amide bonds. The van der Waals surface area contributed by atoms with Gasteiger partial charge in [-0.1, -0.05) is 56.9 Å². The molecule has 2 aliphatic heterocycles. The number of benzene rings is 2. The average molecular weight is 749 g/mol. The number of nitrogens with zero attached hydrogens (tertiary/aromatic N) is 4. The lowest BCUT2D eigenvalue weighted by molar-refractivity contribution is -0.135. The first kappa shape index (κ1) is 38.6. The molecule has 14 nitrogen and oxygen atoms in total. The molecule has 288 valence electrons. The van der Waals surface area contributed by atoms with Crippen LogP contribution in [-0.2, 0) is 19.1 Å². The molecular weight excluding hydrogens is 701 g/mol. The van der Waals surface area contributed by atoms with Crippen molar-refractivity contribution < 1.29 is 28.7 Å². The van der Waals surface area contributed by atoms with Crippen molar-refractivity contribution >= 4 is 24.0 Å². The SMILES string of the molecule is CC[C@H](NC(=O)OC)C(=O)N1CCC[C@H]1c1ncc(-c2ccc(C#Cc3ccc(-c4cnc([C@@H]5CCCN5C(=O)[C@@H](NC(=O)OC)C(C)C)[nH]4)cc3)cc2)[nH]1. The zero-order chi connectivity index (χ0) is 39.1. The minimum Gasteiger partial charge on any atom is -0.453 e. The van der Waals surface area contributed by atoms with Crippen LogP contribution in [0.2, 0.25) is 0 Å². The summed E-state index contributed by atoms with van der Waals surface area (Å²) in [4.78, 5) is 70.1. The monoisotopic (exact) mass is 748 g/mol. The molecule has 2 fully saturated rings. The fourth-order valence-electron chi connectivity index (χ4n) is 7.16. The molecule has 0 unspecified atom stereocenters. The van der Waals surface area contributed by atoms with Gasteiger partial charge in [0, 0.05) is 24.2 Å². The van der Waals surface area contributed by atoms with Gasteiger partial charge in [-0.3, -0.25) is 9.59 Å². The molecule has 0 spiro atoms. The summed E-state index contributed by atoms with van der Waals surface area (Å²) in [6, 6.07) is 14.1. The van der Waals surface area contributed by atoms with E-state index in [1.54, 1.807) is 22.2 Å². The van der Waals surface area contributed by atoms with Gasteiger partial charge >= 0.3 is 12.2 Å². The van der Waals surface area contributed by atoms with E-state index in [0.29, 0.717) is 31.2 Å². The fourth-order valence-corrected chi connectivity index (χ4v) is 7.16. The number of hydrogen-bond donors (Lipinski definition) is 4. The molecule has 6 rings (SSSR count). The van der Waals surface area contributed by atoms with E-state index in [2.05, 4.69) is 42.4 Å². The molecule has 2 aliphatic rings. The number of alkyl carbamates (subject to hydrolysis) is 2. The van der Waals surface area contributed by atoms with Crippen molar-refractivity contribution in [3.05, 3.63) is 83.7 Å². The maximum absolute atomic E-state index is 13.5. The van der Waals surface area contributed by atoms with Crippen LogP contribution >= 0.6 is 0 Å². The van der Waals surface area contributed by atoms with Crippen LogP contribution < -0.4 is 10.6 Å². The number of likely N-dealkylation sites (tertiary alicyclic amines) is 2. The molecule has 2 aromatic heterocycles. The van der Waals surface area contributed by atoms with Crippen molar-refractivity contribution in [3.8, 4) is 34.4 Å². The number of H-pyrrole nitrogens is 2. The van der Waals surface area contributed by atoms with Gasteiger partial charge in [-0.15, -0.1) is 0 Å². The van der Waals surface area contributed by atoms with Gasteiger partial charge in [0.15, 0.2) is 0 Å². The Kier molecular flexibility index (Phi) is 12.2. The highest BCUT2D eigenvalue weighted by atomic mass is 16.5. The molecule has 55 heavy (non-hydrogen) atoms. The van der Waals surface area contributed by atoms with Crippen LogP contribution in [0, 0.1) is 17.8 Å². The molecule has 4 N–H and O–H groups in total. The Hall–Kier alpha value is -6.10. The van der Waals surface area contributed by atoms with Crippen molar-refractivity contribution in [1.82, 2.24) is 40.4 Å². The van der Waals surface area contributed by atoms with Gasteiger partial charge in [-0.25, -0.2) is 19.6 Å². The van der Waals surface area contributed by atoms with E-state index in [1.807, 2.05) is 69.3 Å². The largest absolute Gasteiger partial charge is 0.453 e. The summed E-state index contributed by atoms with van der Waals surface area (Å²) < 4.78 is 9.44. The Morgan fingerprint density at radius 2 is 1.20 bits per heavy atom. The fraction of sp³-hybridized carbons (Fsp3) is 0.415. The molecule has 0 radical (unpaired) electrons. The minimum absolute atomic E-state index is 0.106. The topological polar surface area (TPSA) is 175 Å². The predicted molar refractivity (Wildman–Crippen MR) is 205 cm³/mol. The summed E-state index contributed by atoms with van der Waals surface area (Å²) >= 11 is 0. The summed E-state index contributed by atoms with van der Waals surface area (Å²) in [5.74, 6) is 7.51. The summed E-state index contributed by atoms with van der Waals surface area (Å²) in [5.41, 5.74) is 5.30. The molecule has 2 aromatic carbocycles. The highest BCUT2D eigenvalue weighted by Gasteiger charge is 2.38. The molecule has 0 bridgehead atoms. The number of hydrogen-bond acceptors (Lipinski definition) is 8. The van der Waals surface area contributed by atoms with Gasteiger partial charge in [0.05, 0.1) is 50.1 Å². The van der Waals surface area contributed by atoms with Crippen LogP contribution in [0.25, 0.3) is 22.5 Å². The summed E-state index contributed by atoms with van der Waals surface area (Å²) in [5, 5.41) is 5.32. The quantitative estimate of drug-likeness (QED) is 0.149. The van der Waals surface area contributed by atoms with Crippen LogP contribution in [-0.4, -0.2) is 93.1 Å². The maximum atomic E-state index is 13.5. The normalized spacial score (nSPS) is 17.6. The van der Waals surface area contributed by atoms with E-state index < -0.39 is 24.3 Å². The Bertz CT molecular complexity index is 2040. The number of aromatic nitrogens is 4. The van der Waals surface area contributed by atoms with E-state index in [1.165, 1.54) is 14.2 Å². The highest BCUT2D eigenvalue weighted by molar-refractivity contribution is 5.87. The lowest BCUT2D eigenvalue weighted by Gasteiger charge is -2.30. The van der Waals surface area contributed by atoms with E-state index in [-0.39, 0.29) is 29.8 Å². The number of aromatic amines is 2. The Balaban J connectivity index is 1.07. The molecule has 0 saturated carbocycles. The highest BCUT2D eigenvalue weighted by Crippen LogP contribution is 2.34. The molecule has 2 saturated heterocycles. The number of carbonyl (C=O) groups excluding carboxylic acids is 4. The van der Waals surface area contributed by atoms with Gasteiger partial charge in [0.2, 0.25) is 11.8 Å². The first-order valence-electron chi connectivity index (χ1n) is 18.7. The van der Waals surface area contributed by atoms with Gasteiger partial charge in [0.1, 0.15) is 23.7 Å².